The van der Waals surface area contributed by atoms with Gasteiger partial charge in [-0.1, -0.05) is 30.3 Å². The highest BCUT2D eigenvalue weighted by molar-refractivity contribution is 5.73. The molecule has 0 amide bonds. The fraction of sp³-hybridized carbons (Fsp3) is 0.385. The van der Waals surface area contributed by atoms with Gasteiger partial charge in [-0.3, -0.25) is 4.79 Å². The van der Waals surface area contributed by atoms with Crippen LogP contribution in [0, 0.1) is 18.8 Å². The normalized spacial score (nSPS) is 17.9. The Hall–Kier alpha value is -3.12. The molecule has 2 heterocycles. The van der Waals surface area contributed by atoms with Crippen LogP contribution in [0.1, 0.15) is 23.9 Å². The van der Waals surface area contributed by atoms with Crippen LogP contribution in [-0.2, 0) is 22.4 Å². The maximum Gasteiger partial charge on any atom is 0.310 e. The van der Waals surface area contributed by atoms with Gasteiger partial charge < -0.3 is 19.2 Å². The first-order valence-corrected chi connectivity index (χ1v) is 11.2. The van der Waals surface area contributed by atoms with Crippen LogP contribution in [0.2, 0.25) is 0 Å². The molecule has 6 nitrogen and oxygen atoms in total. The lowest BCUT2D eigenvalue weighted by molar-refractivity contribution is -0.148. The van der Waals surface area contributed by atoms with Crippen molar-refractivity contribution in [1.29, 1.82) is 0 Å². The van der Waals surface area contributed by atoms with Crippen LogP contribution in [0.25, 0.3) is 11.5 Å². The van der Waals surface area contributed by atoms with E-state index in [0.717, 1.165) is 41.3 Å². The second-order valence-electron chi connectivity index (χ2n) is 8.11. The average molecular weight is 435 g/mol. The van der Waals surface area contributed by atoms with Gasteiger partial charge in [0.2, 0.25) is 5.89 Å². The van der Waals surface area contributed by atoms with E-state index in [0.29, 0.717) is 32.1 Å². The number of ether oxygens (including phenoxy) is 2. The molecule has 0 saturated carbocycles. The molecule has 2 aromatic carbocycles. The van der Waals surface area contributed by atoms with E-state index in [1.807, 2.05) is 56.3 Å². The number of benzene rings is 2. The number of nitrogens with one attached hydrogen (secondary N) is 1. The van der Waals surface area contributed by atoms with Crippen molar-refractivity contribution < 1.29 is 18.7 Å². The van der Waals surface area contributed by atoms with Crippen molar-refractivity contribution in [2.75, 3.05) is 26.3 Å². The largest absolute Gasteiger partial charge is 0.493 e. The monoisotopic (exact) mass is 434 g/mol. The minimum Gasteiger partial charge on any atom is -0.493 e. The van der Waals surface area contributed by atoms with Gasteiger partial charge in [0.25, 0.3) is 0 Å². The van der Waals surface area contributed by atoms with E-state index in [2.05, 4.69) is 22.4 Å². The van der Waals surface area contributed by atoms with Gasteiger partial charge in [-0.2, -0.15) is 0 Å². The van der Waals surface area contributed by atoms with Gasteiger partial charge in [-0.15, -0.1) is 0 Å². The Morgan fingerprint density at radius 3 is 2.81 bits per heavy atom. The van der Waals surface area contributed by atoms with Crippen molar-refractivity contribution in [2.45, 2.75) is 26.7 Å². The first-order valence-electron chi connectivity index (χ1n) is 11.2. The summed E-state index contributed by atoms with van der Waals surface area (Å²) in [6.07, 6.45) is 1.49. The third-order valence-corrected chi connectivity index (χ3v) is 5.85. The summed E-state index contributed by atoms with van der Waals surface area (Å²) >= 11 is 0. The highest BCUT2D eigenvalue weighted by Crippen LogP contribution is 2.25. The van der Waals surface area contributed by atoms with Crippen LogP contribution in [0.5, 0.6) is 5.75 Å². The summed E-state index contributed by atoms with van der Waals surface area (Å²) in [5, 5.41) is 3.32. The first-order chi connectivity index (χ1) is 15.6. The maximum absolute atomic E-state index is 12.2. The van der Waals surface area contributed by atoms with Crippen LogP contribution in [0.3, 0.4) is 0 Å². The molecule has 2 atom stereocenters. The van der Waals surface area contributed by atoms with Crippen LogP contribution in [0.4, 0.5) is 0 Å². The van der Waals surface area contributed by atoms with Crippen molar-refractivity contribution in [3.8, 4) is 17.2 Å². The molecule has 0 bridgehead atoms. The van der Waals surface area contributed by atoms with Crippen LogP contribution in [0.15, 0.2) is 59.0 Å². The van der Waals surface area contributed by atoms with Crippen molar-refractivity contribution in [3.05, 3.63) is 71.6 Å². The summed E-state index contributed by atoms with van der Waals surface area (Å²) in [7, 11) is 0. The molecule has 32 heavy (non-hydrogen) atoms. The van der Waals surface area contributed by atoms with Crippen molar-refractivity contribution in [2.24, 2.45) is 11.8 Å². The number of carbonyl (C=O) groups excluding carboxylic acids is 1. The topological polar surface area (TPSA) is 73.6 Å². The SMILES string of the molecule is CCOC(=O)[C@@H]1CNC[C@@H]1Cc1cccc(OCCc2nc(-c3ccccc3)oc2C)c1. The molecule has 6 heteroatoms. The third-order valence-electron chi connectivity index (χ3n) is 5.85. The average Bonchev–Trinajstić information content (AvgIpc) is 3.41. The molecule has 0 radical (unpaired) electrons. The Morgan fingerprint density at radius 1 is 1.16 bits per heavy atom. The first kappa shape index (κ1) is 22.1. The van der Waals surface area contributed by atoms with E-state index in [-0.39, 0.29) is 17.8 Å². The zero-order chi connectivity index (χ0) is 22.3. The predicted octanol–water partition coefficient (Wildman–Crippen LogP) is 4.21. The Kier molecular flexibility index (Phi) is 7.22. The Balaban J connectivity index is 1.33. The quantitative estimate of drug-likeness (QED) is 0.509. The molecule has 1 aliphatic rings. The fourth-order valence-corrected chi connectivity index (χ4v) is 4.17. The molecule has 3 aromatic rings. The molecule has 4 rings (SSSR count). The van der Waals surface area contributed by atoms with E-state index < -0.39 is 0 Å². The number of esters is 1. The standard InChI is InChI=1S/C26H30N2O4/c1-3-30-26(29)23-17-27-16-21(23)14-19-8-7-11-22(15-19)31-13-12-24-18(2)32-25(28-24)20-9-5-4-6-10-20/h4-11,15,21,23,27H,3,12-14,16-17H2,1-2H3/t21-,23+/m0/s1. The molecule has 1 N–H and O–H groups in total. The molecule has 168 valence electrons. The van der Waals surface area contributed by atoms with Gasteiger partial charge in [0.05, 0.1) is 24.8 Å². The second-order valence-corrected chi connectivity index (χ2v) is 8.11. The van der Waals surface area contributed by atoms with Crippen molar-refractivity contribution in [3.63, 3.8) is 0 Å². The Morgan fingerprint density at radius 2 is 2.00 bits per heavy atom. The molecule has 1 aromatic heterocycles. The highest BCUT2D eigenvalue weighted by Gasteiger charge is 2.33. The van der Waals surface area contributed by atoms with Crippen molar-refractivity contribution in [1.82, 2.24) is 10.3 Å². The lowest BCUT2D eigenvalue weighted by Crippen LogP contribution is -2.26. The Labute approximate surface area is 189 Å². The van der Waals surface area contributed by atoms with Gasteiger partial charge in [0.15, 0.2) is 0 Å². The number of hydrogen-bond acceptors (Lipinski definition) is 6. The minimum atomic E-state index is -0.104. The van der Waals surface area contributed by atoms with E-state index in [4.69, 9.17) is 13.9 Å². The molecule has 0 unspecified atom stereocenters. The van der Waals surface area contributed by atoms with E-state index in [9.17, 15) is 4.79 Å². The van der Waals surface area contributed by atoms with Gasteiger partial charge in [-0.05, 0) is 62.6 Å². The molecule has 1 fully saturated rings. The van der Waals surface area contributed by atoms with Crippen LogP contribution >= 0.6 is 0 Å². The number of nitrogens with zero attached hydrogens (tertiary/aromatic N) is 1. The summed E-state index contributed by atoms with van der Waals surface area (Å²) < 4.78 is 17.1. The zero-order valence-corrected chi connectivity index (χ0v) is 18.7. The molecular formula is C26H30N2O4. The van der Waals surface area contributed by atoms with Crippen LogP contribution in [-0.4, -0.2) is 37.3 Å². The number of aromatic nitrogens is 1. The Bertz CT molecular complexity index is 1030. The number of rotatable bonds is 9. The molecule has 0 spiro atoms. The molecule has 1 saturated heterocycles. The van der Waals surface area contributed by atoms with Gasteiger partial charge in [0.1, 0.15) is 11.5 Å². The predicted molar refractivity (Wildman–Crippen MR) is 123 cm³/mol. The smallest absolute Gasteiger partial charge is 0.310 e. The summed E-state index contributed by atoms with van der Waals surface area (Å²) in [4.78, 5) is 16.8. The van der Waals surface area contributed by atoms with Crippen molar-refractivity contribution >= 4 is 5.97 Å². The lowest BCUT2D eigenvalue weighted by atomic mass is 9.89. The van der Waals surface area contributed by atoms with E-state index in [1.54, 1.807) is 0 Å². The van der Waals surface area contributed by atoms with Gasteiger partial charge in [0, 0.05) is 18.5 Å². The lowest BCUT2D eigenvalue weighted by Gasteiger charge is -2.17. The second kappa shape index (κ2) is 10.5. The number of aryl methyl sites for hydroxylation is 1. The summed E-state index contributed by atoms with van der Waals surface area (Å²) in [5.74, 6) is 2.33. The molecule has 0 aliphatic carbocycles. The molecule has 1 aliphatic heterocycles. The zero-order valence-electron chi connectivity index (χ0n) is 18.7. The fourth-order valence-electron chi connectivity index (χ4n) is 4.17. The van der Waals surface area contributed by atoms with Crippen LogP contribution < -0.4 is 10.1 Å². The van der Waals surface area contributed by atoms with E-state index in [1.165, 1.54) is 0 Å². The summed E-state index contributed by atoms with van der Waals surface area (Å²) in [5.41, 5.74) is 3.04. The highest BCUT2D eigenvalue weighted by atomic mass is 16.5. The van der Waals surface area contributed by atoms with Gasteiger partial charge in [-0.25, -0.2) is 4.98 Å². The summed E-state index contributed by atoms with van der Waals surface area (Å²) in [6, 6.07) is 18.0. The maximum atomic E-state index is 12.2. The summed E-state index contributed by atoms with van der Waals surface area (Å²) in [6.45, 7) is 6.22. The number of oxazole rings is 1. The van der Waals surface area contributed by atoms with Gasteiger partial charge >= 0.3 is 5.97 Å². The number of carbonyl (C=O) groups is 1. The number of hydrogen-bond donors (Lipinski definition) is 1. The third kappa shape index (κ3) is 5.37. The van der Waals surface area contributed by atoms with E-state index >= 15 is 0 Å². The molecular weight excluding hydrogens is 404 g/mol. The minimum absolute atomic E-state index is 0.0894.